The number of aromatic nitrogens is 2. The summed E-state index contributed by atoms with van der Waals surface area (Å²) < 4.78 is 1.72. The summed E-state index contributed by atoms with van der Waals surface area (Å²) in [4.78, 5) is 23.9. The number of amides is 1. The highest BCUT2D eigenvalue weighted by Gasteiger charge is 2.12. The molecule has 2 heterocycles. The number of anilines is 1. The maximum absolute atomic E-state index is 12.1. The van der Waals surface area contributed by atoms with Crippen molar-refractivity contribution in [3.63, 3.8) is 0 Å². The van der Waals surface area contributed by atoms with Crippen LogP contribution < -0.4 is 5.32 Å². The number of carboxylic acid groups (broad SMARTS) is 1. The van der Waals surface area contributed by atoms with Gasteiger partial charge in [-0.15, -0.1) is 11.3 Å². The normalized spacial score (nSPS) is 11.0. The van der Waals surface area contributed by atoms with Crippen LogP contribution in [0.4, 0.5) is 5.69 Å². The van der Waals surface area contributed by atoms with Gasteiger partial charge in [0.05, 0.1) is 16.8 Å². The molecule has 2 aromatic heterocycles. The van der Waals surface area contributed by atoms with Gasteiger partial charge < -0.3 is 10.4 Å². The first-order valence-corrected chi connectivity index (χ1v) is 7.16. The first-order chi connectivity index (χ1) is 9.99. The quantitative estimate of drug-likeness (QED) is 0.832. The molecule has 0 aromatic carbocycles. The Labute approximate surface area is 125 Å². The maximum atomic E-state index is 12.1. The number of carbonyl (C=O) groups excluding carboxylic acids is 1. The van der Waals surface area contributed by atoms with Crippen molar-refractivity contribution in [1.29, 1.82) is 0 Å². The summed E-state index contributed by atoms with van der Waals surface area (Å²) in [5.41, 5.74) is 1.50. The fraction of sp³-hybridized carbons (Fsp3) is 0.214. The van der Waals surface area contributed by atoms with Crippen LogP contribution in [0.5, 0.6) is 0 Å². The Morgan fingerprint density at radius 2 is 2.29 bits per heavy atom. The third-order valence-electron chi connectivity index (χ3n) is 2.77. The lowest BCUT2D eigenvalue weighted by Gasteiger charge is -1.98. The van der Waals surface area contributed by atoms with Crippen LogP contribution in [0.3, 0.4) is 0 Å². The number of rotatable bonds is 5. The van der Waals surface area contributed by atoms with Gasteiger partial charge in [-0.25, -0.2) is 4.79 Å². The van der Waals surface area contributed by atoms with Crippen molar-refractivity contribution >= 4 is 35.0 Å². The Kier molecular flexibility index (Phi) is 4.54. The molecule has 1 amide bonds. The van der Waals surface area contributed by atoms with E-state index in [4.69, 9.17) is 5.11 Å². The van der Waals surface area contributed by atoms with E-state index in [1.54, 1.807) is 23.1 Å². The Balaban J connectivity index is 2.12. The molecule has 7 heteroatoms. The number of carbonyl (C=O) groups is 2. The molecule has 0 aliphatic carbocycles. The van der Waals surface area contributed by atoms with Crippen molar-refractivity contribution < 1.29 is 14.7 Å². The number of nitrogens with zero attached hydrogens (tertiary/aromatic N) is 2. The van der Waals surface area contributed by atoms with E-state index >= 15 is 0 Å². The highest BCUT2D eigenvalue weighted by molar-refractivity contribution is 7.15. The van der Waals surface area contributed by atoms with Crippen LogP contribution in [0.25, 0.3) is 6.08 Å². The topological polar surface area (TPSA) is 84.2 Å². The minimum Gasteiger partial charge on any atom is -0.478 e. The molecular weight excluding hydrogens is 290 g/mol. The summed E-state index contributed by atoms with van der Waals surface area (Å²) in [6, 6.07) is 1.74. The van der Waals surface area contributed by atoms with Gasteiger partial charge in [-0.1, -0.05) is 0 Å². The number of nitrogens with one attached hydrogen (secondary N) is 1. The number of thiophene rings is 1. The predicted molar refractivity (Wildman–Crippen MR) is 81.6 cm³/mol. The van der Waals surface area contributed by atoms with Gasteiger partial charge >= 0.3 is 5.97 Å². The average molecular weight is 305 g/mol. The van der Waals surface area contributed by atoms with Gasteiger partial charge in [0.25, 0.3) is 5.91 Å². The molecule has 0 aliphatic rings. The monoisotopic (exact) mass is 305 g/mol. The average Bonchev–Trinajstić information content (AvgIpc) is 3.03. The molecule has 0 fully saturated rings. The number of aliphatic carboxylic acids is 1. The first kappa shape index (κ1) is 15.0. The van der Waals surface area contributed by atoms with Gasteiger partial charge in [0.1, 0.15) is 0 Å². The second-order valence-electron chi connectivity index (χ2n) is 4.37. The predicted octanol–water partition coefficient (Wildman–Crippen LogP) is 2.62. The van der Waals surface area contributed by atoms with Crippen molar-refractivity contribution in [2.24, 2.45) is 0 Å². The number of hydrogen-bond donors (Lipinski definition) is 2. The zero-order chi connectivity index (χ0) is 15.4. The molecule has 0 saturated heterocycles. The summed E-state index contributed by atoms with van der Waals surface area (Å²) in [7, 11) is 0. The van der Waals surface area contributed by atoms with Crippen molar-refractivity contribution in [2.45, 2.75) is 20.4 Å². The lowest BCUT2D eigenvalue weighted by Crippen LogP contribution is -2.09. The summed E-state index contributed by atoms with van der Waals surface area (Å²) in [6.07, 6.45) is 5.90. The molecule has 0 radical (unpaired) electrons. The van der Waals surface area contributed by atoms with Gasteiger partial charge in [-0.3, -0.25) is 9.48 Å². The third-order valence-corrected chi connectivity index (χ3v) is 3.97. The molecule has 0 saturated carbocycles. The fourth-order valence-electron chi connectivity index (χ4n) is 1.71. The van der Waals surface area contributed by atoms with Crippen molar-refractivity contribution in [3.05, 3.63) is 39.9 Å². The summed E-state index contributed by atoms with van der Waals surface area (Å²) in [5.74, 6) is -1.24. The molecule has 2 rings (SSSR count). The van der Waals surface area contributed by atoms with Gasteiger partial charge in [0, 0.05) is 23.7 Å². The van der Waals surface area contributed by atoms with Crippen LogP contribution >= 0.6 is 11.3 Å². The van der Waals surface area contributed by atoms with E-state index in [1.165, 1.54) is 17.4 Å². The Hall–Kier alpha value is -2.41. The summed E-state index contributed by atoms with van der Waals surface area (Å²) in [5, 5.41) is 15.5. The molecule has 2 N–H and O–H groups in total. The highest BCUT2D eigenvalue weighted by Crippen LogP contribution is 2.24. The Morgan fingerprint density at radius 1 is 1.52 bits per heavy atom. The maximum Gasteiger partial charge on any atom is 0.328 e. The third kappa shape index (κ3) is 3.79. The first-order valence-electron chi connectivity index (χ1n) is 6.35. The molecule has 0 atom stereocenters. The highest BCUT2D eigenvalue weighted by atomic mass is 32.1. The van der Waals surface area contributed by atoms with Crippen LogP contribution in [-0.2, 0) is 11.3 Å². The Bertz CT molecular complexity index is 700. The second kappa shape index (κ2) is 6.36. The number of hydrogen-bond acceptors (Lipinski definition) is 4. The largest absolute Gasteiger partial charge is 0.478 e. The number of carboxylic acids is 1. The molecule has 2 aromatic rings. The molecule has 0 aliphatic heterocycles. The smallest absolute Gasteiger partial charge is 0.328 e. The van der Waals surface area contributed by atoms with E-state index in [1.807, 2.05) is 13.8 Å². The molecule has 6 nitrogen and oxygen atoms in total. The molecule has 0 bridgehead atoms. The summed E-state index contributed by atoms with van der Waals surface area (Å²) >= 11 is 1.25. The number of aryl methyl sites for hydroxylation is 2. The van der Waals surface area contributed by atoms with Crippen LogP contribution in [0.1, 0.15) is 27.0 Å². The fourth-order valence-corrected chi connectivity index (χ4v) is 2.69. The molecule has 110 valence electrons. The van der Waals surface area contributed by atoms with Gasteiger partial charge in [-0.2, -0.15) is 5.10 Å². The lowest BCUT2D eigenvalue weighted by molar-refractivity contribution is -0.131. The van der Waals surface area contributed by atoms with E-state index in [2.05, 4.69) is 10.4 Å². The van der Waals surface area contributed by atoms with Gasteiger partial charge in [0.2, 0.25) is 0 Å². The van der Waals surface area contributed by atoms with Crippen molar-refractivity contribution in [3.8, 4) is 0 Å². The second-order valence-corrected chi connectivity index (χ2v) is 5.45. The van der Waals surface area contributed by atoms with E-state index in [0.717, 1.165) is 23.1 Å². The zero-order valence-electron chi connectivity index (χ0n) is 11.7. The molecule has 21 heavy (non-hydrogen) atoms. The zero-order valence-corrected chi connectivity index (χ0v) is 12.5. The molecule has 0 spiro atoms. The van der Waals surface area contributed by atoms with Crippen LogP contribution in [0.2, 0.25) is 0 Å². The van der Waals surface area contributed by atoms with E-state index < -0.39 is 5.97 Å². The standard InChI is InChI=1S/C14H15N3O3S/c1-3-17-8-10(7-15-17)16-14(20)12-6-9(2)11(21-12)4-5-13(18)19/h4-8H,3H2,1-2H3,(H,16,20)(H,18,19)/b5-4+. The van der Waals surface area contributed by atoms with Gasteiger partial charge in [-0.05, 0) is 31.6 Å². The SMILES string of the molecule is CCn1cc(NC(=O)c2cc(C)c(/C=C/C(=O)O)s2)cn1. The summed E-state index contributed by atoms with van der Waals surface area (Å²) in [6.45, 7) is 4.53. The van der Waals surface area contributed by atoms with Crippen molar-refractivity contribution in [2.75, 3.05) is 5.32 Å². The van der Waals surface area contributed by atoms with Crippen LogP contribution in [0.15, 0.2) is 24.5 Å². The molecule has 0 unspecified atom stereocenters. The van der Waals surface area contributed by atoms with Gasteiger partial charge in [0.15, 0.2) is 0 Å². The minimum absolute atomic E-state index is 0.228. The Morgan fingerprint density at radius 3 is 2.90 bits per heavy atom. The van der Waals surface area contributed by atoms with E-state index in [-0.39, 0.29) is 5.91 Å². The molecular formula is C14H15N3O3S. The van der Waals surface area contributed by atoms with Crippen LogP contribution in [0, 0.1) is 6.92 Å². The van der Waals surface area contributed by atoms with Crippen molar-refractivity contribution in [1.82, 2.24) is 9.78 Å². The van der Waals surface area contributed by atoms with E-state index in [9.17, 15) is 9.59 Å². The minimum atomic E-state index is -1.01. The lowest BCUT2D eigenvalue weighted by atomic mass is 10.2. The van der Waals surface area contributed by atoms with E-state index in [0.29, 0.717) is 10.6 Å². The van der Waals surface area contributed by atoms with Crippen LogP contribution in [-0.4, -0.2) is 26.8 Å².